The van der Waals surface area contributed by atoms with E-state index >= 15 is 0 Å². The van der Waals surface area contributed by atoms with Crippen LogP contribution in [0.15, 0.2) is 12.3 Å². The van der Waals surface area contributed by atoms with E-state index in [1.807, 2.05) is 6.20 Å². The molecule has 4 heteroatoms. The maximum Gasteiger partial charge on any atom is 0.354 e. The summed E-state index contributed by atoms with van der Waals surface area (Å²) in [4.78, 5) is 14.0. The summed E-state index contributed by atoms with van der Waals surface area (Å²) in [6.45, 7) is 3.88. The lowest BCUT2D eigenvalue weighted by Crippen LogP contribution is -2.13. The van der Waals surface area contributed by atoms with Crippen LogP contribution in [0.4, 0.5) is 0 Å². The van der Waals surface area contributed by atoms with E-state index in [9.17, 15) is 4.79 Å². The molecule has 4 nitrogen and oxygen atoms in total. The van der Waals surface area contributed by atoms with Crippen molar-refractivity contribution in [2.24, 2.45) is 0 Å². The zero-order valence-corrected chi connectivity index (χ0v) is 8.59. The summed E-state index contributed by atoms with van der Waals surface area (Å²) in [5.41, 5.74) is 1.57. The first-order chi connectivity index (χ1) is 6.77. The zero-order valence-electron chi connectivity index (χ0n) is 8.59. The van der Waals surface area contributed by atoms with Gasteiger partial charge in [0.2, 0.25) is 0 Å². The van der Waals surface area contributed by atoms with Gasteiger partial charge in [-0.1, -0.05) is 6.92 Å². The van der Waals surface area contributed by atoms with Gasteiger partial charge >= 0.3 is 5.97 Å². The topological polar surface area (TPSA) is 54.1 Å². The van der Waals surface area contributed by atoms with Crippen molar-refractivity contribution >= 4 is 5.97 Å². The van der Waals surface area contributed by atoms with Gasteiger partial charge < -0.3 is 15.0 Å². The van der Waals surface area contributed by atoms with Crippen molar-refractivity contribution in [3.8, 4) is 0 Å². The number of aromatic amines is 1. The first-order valence-corrected chi connectivity index (χ1v) is 4.74. The molecule has 1 rings (SSSR count). The second-order valence-corrected chi connectivity index (χ2v) is 3.09. The van der Waals surface area contributed by atoms with Crippen molar-refractivity contribution in [1.29, 1.82) is 0 Å². The van der Waals surface area contributed by atoms with Crippen LogP contribution in [0.3, 0.4) is 0 Å². The van der Waals surface area contributed by atoms with Gasteiger partial charge in [0, 0.05) is 12.7 Å². The number of nitrogens with one attached hydrogen (secondary N) is 2. The van der Waals surface area contributed by atoms with Crippen molar-refractivity contribution in [2.75, 3.05) is 13.7 Å². The fourth-order valence-electron chi connectivity index (χ4n) is 1.18. The van der Waals surface area contributed by atoms with Gasteiger partial charge in [-0.25, -0.2) is 4.79 Å². The third-order valence-electron chi connectivity index (χ3n) is 1.90. The molecule has 0 aliphatic rings. The normalized spacial score (nSPS) is 10.1. The number of esters is 1. The van der Waals surface area contributed by atoms with Crippen molar-refractivity contribution in [3.05, 3.63) is 23.5 Å². The summed E-state index contributed by atoms with van der Waals surface area (Å²) >= 11 is 0. The molecule has 78 valence electrons. The lowest BCUT2D eigenvalue weighted by Gasteiger charge is -1.98. The van der Waals surface area contributed by atoms with Crippen LogP contribution < -0.4 is 5.32 Å². The minimum absolute atomic E-state index is 0.327. The van der Waals surface area contributed by atoms with Crippen LogP contribution in [-0.4, -0.2) is 24.6 Å². The molecule has 14 heavy (non-hydrogen) atoms. The number of carbonyl (C=O) groups excluding carboxylic acids is 1. The van der Waals surface area contributed by atoms with Gasteiger partial charge in [0.1, 0.15) is 5.69 Å². The Kier molecular flexibility index (Phi) is 4.19. The SMILES string of the molecule is CCCNCc1c[nH]c(C(=O)OC)c1. The molecule has 0 saturated carbocycles. The molecule has 0 radical (unpaired) electrons. The van der Waals surface area contributed by atoms with Crippen molar-refractivity contribution in [3.63, 3.8) is 0 Å². The van der Waals surface area contributed by atoms with Gasteiger partial charge in [-0.2, -0.15) is 0 Å². The smallest absolute Gasteiger partial charge is 0.354 e. The lowest BCUT2D eigenvalue weighted by molar-refractivity contribution is 0.0595. The lowest BCUT2D eigenvalue weighted by atomic mass is 10.3. The van der Waals surface area contributed by atoms with E-state index < -0.39 is 0 Å². The molecule has 0 fully saturated rings. The first kappa shape index (κ1) is 10.8. The Bertz CT molecular complexity index is 294. The molecule has 0 bridgehead atoms. The predicted molar refractivity (Wildman–Crippen MR) is 54.1 cm³/mol. The third-order valence-corrected chi connectivity index (χ3v) is 1.90. The highest BCUT2D eigenvalue weighted by molar-refractivity contribution is 5.87. The maximum atomic E-state index is 11.1. The van der Waals surface area contributed by atoms with Crippen LogP contribution in [0.25, 0.3) is 0 Å². The number of aromatic nitrogens is 1. The second kappa shape index (κ2) is 5.44. The van der Waals surface area contributed by atoms with Gasteiger partial charge in [0.25, 0.3) is 0 Å². The molecule has 0 amide bonds. The van der Waals surface area contributed by atoms with Crippen LogP contribution in [0.1, 0.15) is 29.4 Å². The van der Waals surface area contributed by atoms with Gasteiger partial charge in [-0.15, -0.1) is 0 Å². The van der Waals surface area contributed by atoms with E-state index in [4.69, 9.17) is 0 Å². The monoisotopic (exact) mass is 196 g/mol. The van der Waals surface area contributed by atoms with Crippen molar-refractivity contribution in [1.82, 2.24) is 10.3 Å². The molecule has 0 aliphatic carbocycles. The standard InChI is InChI=1S/C10H16N2O2/c1-3-4-11-6-8-5-9(12-7-8)10(13)14-2/h5,7,11-12H,3-4,6H2,1-2H3. The zero-order chi connectivity index (χ0) is 10.4. The Morgan fingerprint density at radius 1 is 1.64 bits per heavy atom. The number of methoxy groups -OCH3 is 1. The highest BCUT2D eigenvalue weighted by Gasteiger charge is 2.07. The molecular weight excluding hydrogens is 180 g/mol. The number of carbonyl (C=O) groups is 1. The maximum absolute atomic E-state index is 11.1. The van der Waals surface area contributed by atoms with Crippen LogP contribution >= 0.6 is 0 Å². The fraction of sp³-hybridized carbons (Fsp3) is 0.500. The Labute approximate surface area is 83.7 Å². The van der Waals surface area contributed by atoms with E-state index in [0.717, 1.165) is 25.1 Å². The summed E-state index contributed by atoms with van der Waals surface area (Å²) < 4.78 is 4.58. The Hall–Kier alpha value is -1.29. The van der Waals surface area contributed by atoms with Crippen LogP contribution in [0, 0.1) is 0 Å². The third kappa shape index (κ3) is 2.88. The highest BCUT2D eigenvalue weighted by atomic mass is 16.5. The number of ether oxygens (including phenoxy) is 1. The Balaban J connectivity index is 2.46. The minimum Gasteiger partial charge on any atom is -0.464 e. The largest absolute Gasteiger partial charge is 0.464 e. The molecule has 0 atom stereocenters. The summed E-state index contributed by atoms with van der Waals surface area (Å²) in [5, 5.41) is 3.25. The molecule has 1 aromatic heterocycles. The van der Waals surface area contributed by atoms with Crippen molar-refractivity contribution < 1.29 is 9.53 Å². The van der Waals surface area contributed by atoms with E-state index in [1.165, 1.54) is 7.11 Å². The Morgan fingerprint density at radius 2 is 2.43 bits per heavy atom. The van der Waals surface area contributed by atoms with Crippen LogP contribution in [0.5, 0.6) is 0 Å². The predicted octanol–water partition coefficient (Wildman–Crippen LogP) is 1.30. The van der Waals surface area contributed by atoms with E-state index in [-0.39, 0.29) is 5.97 Å². The van der Waals surface area contributed by atoms with Gasteiger partial charge in [-0.05, 0) is 24.6 Å². The molecule has 1 heterocycles. The Morgan fingerprint density at radius 3 is 3.07 bits per heavy atom. The number of hydrogen-bond donors (Lipinski definition) is 2. The summed E-state index contributed by atoms with van der Waals surface area (Å²) in [6.07, 6.45) is 2.92. The minimum atomic E-state index is -0.327. The second-order valence-electron chi connectivity index (χ2n) is 3.09. The van der Waals surface area contributed by atoms with Crippen LogP contribution in [-0.2, 0) is 11.3 Å². The van der Waals surface area contributed by atoms with Gasteiger partial charge in [0.05, 0.1) is 7.11 Å². The average molecular weight is 196 g/mol. The van der Waals surface area contributed by atoms with Crippen molar-refractivity contribution in [2.45, 2.75) is 19.9 Å². The molecule has 0 spiro atoms. The number of H-pyrrole nitrogens is 1. The summed E-state index contributed by atoms with van der Waals surface area (Å²) in [7, 11) is 1.37. The van der Waals surface area contributed by atoms with E-state index in [1.54, 1.807) is 6.07 Å². The van der Waals surface area contributed by atoms with E-state index in [2.05, 4.69) is 22.0 Å². The number of rotatable bonds is 5. The molecule has 0 aliphatic heterocycles. The highest BCUT2D eigenvalue weighted by Crippen LogP contribution is 2.04. The van der Waals surface area contributed by atoms with Crippen LogP contribution in [0.2, 0.25) is 0 Å². The fourth-order valence-corrected chi connectivity index (χ4v) is 1.18. The summed E-state index contributed by atoms with van der Waals surface area (Å²) in [5.74, 6) is -0.327. The molecule has 2 N–H and O–H groups in total. The molecule has 0 saturated heterocycles. The molecular formula is C10H16N2O2. The summed E-state index contributed by atoms with van der Waals surface area (Å²) in [6, 6.07) is 1.80. The molecule has 0 aromatic carbocycles. The number of hydrogen-bond acceptors (Lipinski definition) is 3. The first-order valence-electron chi connectivity index (χ1n) is 4.74. The quantitative estimate of drug-likeness (QED) is 0.551. The average Bonchev–Trinajstić information content (AvgIpc) is 2.66. The molecule has 1 aromatic rings. The van der Waals surface area contributed by atoms with Gasteiger partial charge in [-0.3, -0.25) is 0 Å². The van der Waals surface area contributed by atoms with E-state index in [0.29, 0.717) is 5.69 Å². The van der Waals surface area contributed by atoms with Gasteiger partial charge in [0.15, 0.2) is 0 Å². The molecule has 0 unspecified atom stereocenters.